The average Bonchev–Trinajstić information content (AvgIpc) is 3.64. The first-order valence-corrected chi connectivity index (χ1v) is 13.8. The fraction of sp³-hybridized carbons (Fsp3) is 0.519. The first-order chi connectivity index (χ1) is 20.2. The van der Waals surface area contributed by atoms with E-state index >= 15 is 0 Å². The molecule has 220 valence electrons. The van der Waals surface area contributed by atoms with Crippen LogP contribution >= 0.6 is 0 Å². The van der Waals surface area contributed by atoms with Crippen LogP contribution in [-0.2, 0) is 18.3 Å². The summed E-state index contributed by atoms with van der Waals surface area (Å²) < 4.78 is 41.9. The minimum Gasteiger partial charge on any atom is -0.350 e. The van der Waals surface area contributed by atoms with Gasteiger partial charge in [0.1, 0.15) is 23.4 Å². The fourth-order valence-electron chi connectivity index (χ4n) is 6.16. The third kappa shape index (κ3) is 5.16. The van der Waals surface area contributed by atoms with Crippen LogP contribution in [0.5, 0.6) is 0 Å². The van der Waals surface area contributed by atoms with E-state index in [1.54, 1.807) is 18.3 Å². The number of carbonyl (C=O) groups excluding carboxylic acids is 1. The number of nitrogens with one attached hydrogen (secondary N) is 2. The van der Waals surface area contributed by atoms with Crippen molar-refractivity contribution in [1.29, 1.82) is 5.26 Å². The van der Waals surface area contributed by atoms with Gasteiger partial charge in [0.15, 0.2) is 0 Å². The van der Waals surface area contributed by atoms with Crippen LogP contribution in [0, 0.1) is 17.2 Å². The number of hydrogen-bond acceptors (Lipinski definition) is 10. The highest BCUT2D eigenvalue weighted by molar-refractivity contribution is 5.96. The Morgan fingerprint density at radius 2 is 2.05 bits per heavy atom. The standard InChI is InChI=1S/C27H30F3N11O/c1-32-12-18-10-21(38-25(37-18)27(28,29)30)24(42)39-8-3-19(4-9-39)40-14-26(15-40,5-6-31)41-13-17(11-36-41)22-20-2-7-33-23(20)35-16-34-22/h2,7,10-11,13,16,19-20,22,32H,3-5,8-9,12,14-15H2,1H3,(H,33,34,35). The molecule has 0 spiro atoms. The first-order valence-electron chi connectivity index (χ1n) is 13.8. The molecule has 2 saturated heterocycles. The van der Waals surface area contributed by atoms with Gasteiger partial charge in [-0.1, -0.05) is 6.08 Å². The lowest BCUT2D eigenvalue weighted by molar-refractivity contribution is -0.145. The van der Waals surface area contributed by atoms with Gasteiger partial charge >= 0.3 is 6.18 Å². The molecule has 0 aliphatic carbocycles. The van der Waals surface area contributed by atoms with Gasteiger partial charge < -0.3 is 15.5 Å². The largest absolute Gasteiger partial charge is 0.451 e. The summed E-state index contributed by atoms with van der Waals surface area (Å²) in [6.07, 6.45) is 6.13. The number of alkyl halides is 3. The van der Waals surface area contributed by atoms with Gasteiger partial charge in [-0.25, -0.2) is 15.0 Å². The average molecular weight is 582 g/mol. The van der Waals surface area contributed by atoms with Crippen molar-refractivity contribution in [3.8, 4) is 6.07 Å². The molecular formula is C27H30F3N11O. The SMILES string of the molecule is CNCc1cc(C(=O)N2CCC(N3CC(CC#N)(n4cc(C5N=CN=C6NC=CC65)cn4)C3)CC2)nc(C(F)(F)F)n1. The fourth-order valence-corrected chi connectivity index (χ4v) is 6.16. The number of amidine groups is 1. The lowest BCUT2D eigenvalue weighted by Gasteiger charge is -2.53. The van der Waals surface area contributed by atoms with Gasteiger partial charge in [0.05, 0.1) is 36.3 Å². The summed E-state index contributed by atoms with van der Waals surface area (Å²) >= 11 is 0. The van der Waals surface area contributed by atoms with Crippen molar-refractivity contribution in [2.45, 2.75) is 49.6 Å². The lowest BCUT2D eigenvalue weighted by Crippen LogP contribution is -2.66. The van der Waals surface area contributed by atoms with E-state index in [4.69, 9.17) is 0 Å². The number of likely N-dealkylation sites (tertiary alicyclic amines) is 2. The van der Waals surface area contributed by atoms with Gasteiger partial charge in [-0.15, -0.1) is 0 Å². The van der Waals surface area contributed by atoms with Gasteiger partial charge in [0.25, 0.3) is 5.91 Å². The third-order valence-electron chi connectivity index (χ3n) is 8.33. The maximum Gasteiger partial charge on any atom is 0.451 e. The number of aromatic nitrogens is 4. The molecule has 12 nitrogen and oxygen atoms in total. The van der Waals surface area contributed by atoms with Crippen molar-refractivity contribution in [2.75, 3.05) is 33.2 Å². The number of rotatable bonds is 7. The van der Waals surface area contributed by atoms with Crippen LogP contribution in [0.15, 0.2) is 40.7 Å². The summed E-state index contributed by atoms with van der Waals surface area (Å²) in [7, 11) is 1.59. The van der Waals surface area contributed by atoms with Crippen molar-refractivity contribution in [2.24, 2.45) is 15.9 Å². The molecule has 42 heavy (non-hydrogen) atoms. The van der Waals surface area contributed by atoms with Crippen molar-refractivity contribution in [3.05, 3.63) is 53.5 Å². The van der Waals surface area contributed by atoms with Gasteiger partial charge in [-0.05, 0) is 32.2 Å². The minimum absolute atomic E-state index is 0.0302. The second kappa shape index (κ2) is 10.9. The molecule has 4 aliphatic heterocycles. The number of carbonyl (C=O) groups is 1. The van der Waals surface area contributed by atoms with E-state index in [0.29, 0.717) is 45.4 Å². The monoisotopic (exact) mass is 581 g/mol. The highest BCUT2D eigenvalue weighted by Crippen LogP contribution is 2.38. The molecular weight excluding hydrogens is 551 g/mol. The van der Waals surface area contributed by atoms with Crippen LogP contribution in [0.2, 0.25) is 0 Å². The van der Waals surface area contributed by atoms with Crippen LogP contribution in [-0.4, -0.2) is 86.9 Å². The molecule has 15 heteroatoms. The molecule has 2 N–H and O–H groups in total. The second-order valence-corrected chi connectivity index (χ2v) is 11.1. The zero-order valence-corrected chi connectivity index (χ0v) is 22.9. The predicted octanol–water partition coefficient (Wildman–Crippen LogP) is 1.86. The summed E-state index contributed by atoms with van der Waals surface area (Å²) in [5.41, 5.74) is 0.347. The van der Waals surface area contributed by atoms with Crippen molar-refractivity contribution >= 4 is 18.1 Å². The number of aliphatic imine (C=N–C) groups is 2. The number of fused-ring (bicyclic) bond motifs is 1. The molecule has 2 unspecified atom stereocenters. The topological polar surface area (TPSA) is 140 Å². The molecule has 2 aromatic heterocycles. The molecule has 6 heterocycles. The van der Waals surface area contributed by atoms with E-state index in [9.17, 15) is 23.2 Å². The number of nitrogens with zero attached hydrogens (tertiary/aromatic N) is 9. The van der Waals surface area contributed by atoms with E-state index in [1.165, 1.54) is 6.07 Å². The first kappa shape index (κ1) is 28.0. The Hall–Kier alpha value is -4.16. The molecule has 2 aromatic rings. The van der Waals surface area contributed by atoms with E-state index in [2.05, 4.69) is 46.7 Å². The van der Waals surface area contributed by atoms with Gasteiger partial charge in [0, 0.05) is 50.5 Å². The number of nitriles is 1. The summed E-state index contributed by atoms with van der Waals surface area (Å²) in [4.78, 5) is 32.9. The molecule has 6 rings (SSSR count). The zero-order valence-electron chi connectivity index (χ0n) is 22.9. The van der Waals surface area contributed by atoms with Crippen molar-refractivity contribution < 1.29 is 18.0 Å². The number of piperidine rings is 1. The quantitative estimate of drug-likeness (QED) is 0.505. The van der Waals surface area contributed by atoms with Crippen LogP contribution in [0.25, 0.3) is 0 Å². The molecule has 2 atom stereocenters. The van der Waals surface area contributed by atoms with Gasteiger partial charge in [0.2, 0.25) is 5.82 Å². The summed E-state index contributed by atoms with van der Waals surface area (Å²) in [5, 5.41) is 20.2. The van der Waals surface area contributed by atoms with E-state index < -0.39 is 23.4 Å². The number of amides is 1. The highest BCUT2D eigenvalue weighted by atomic mass is 19.4. The zero-order chi connectivity index (χ0) is 29.5. The van der Waals surface area contributed by atoms with E-state index in [1.807, 2.05) is 29.4 Å². The van der Waals surface area contributed by atoms with E-state index in [0.717, 1.165) is 11.4 Å². The summed E-state index contributed by atoms with van der Waals surface area (Å²) in [6, 6.07) is 3.69. The highest BCUT2D eigenvalue weighted by Gasteiger charge is 2.48. The Kier molecular flexibility index (Phi) is 7.27. The molecule has 0 bridgehead atoms. The van der Waals surface area contributed by atoms with Crippen LogP contribution < -0.4 is 10.6 Å². The van der Waals surface area contributed by atoms with E-state index in [-0.39, 0.29) is 35.9 Å². The molecule has 4 aliphatic rings. The number of halogens is 3. The maximum atomic E-state index is 13.3. The van der Waals surface area contributed by atoms with Crippen LogP contribution in [0.1, 0.15) is 52.9 Å². The van der Waals surface area contributed by atoms with Crippen molar-refractivity contribution in [1.82, 2.24) is 40.2 Å². The smallest absolute Gasteiger partial charge is 0.350 e. The minimum atomic E-state index is -4.75. The lowest BCUT2D eigenvalue weighted by atomic mass is 9.83. The number of hydrogen-bond donors (Lipinski definition) is 2. The summed E-state index contributed by atoms with van der Waals surface area (Å²) in [6.45, 7) is 2.16. The third-order valence-corrected chi connectivity index (χ3v) is 8.33. The Balaban J connectivity index is 1.09. The molecule has 0 radical (unpaired) electrons. The van der Waals surface area contributed by atoms with Gasteiger partial charge in [-0.3, -0.25) is 19.4 Å². The summed E-state index contributed by atoms with van der Waals surface area (Å²) in [5.74, 6) is -0.961. The Bertz CT molecular complexity index is 1480. The Morgan fingerprint density at radius 1 is 1.26 bits per heavy atom. The molecule has 0 saturated carbocycles. The Morgan fingerprint density at radius 3 is 2.76 bits per heavy atom. The second-order valence-electron chi connectivity index (χ2n) is 11.1. The maximum absolute atomic E-state index is 13.3. The molecule has 2 fully saturated rings. The Labute approximate surface area is 240 Å². The van der Waals surface area contributed by atoms with Crippen LogP contribution in [0.3, 0.4) is 0 Å². The van der Waals surface area contributed by atoms with Crippen LogP contribution in [0.4, 0.5) is 13.2 Å². The van der Waals surface area contributed by atoms with Gasteiger partial charge in [-0.2, -0.15) is 23.5 Å². The normalized spacial score (nSPS) is 23.6. The van der Waals surface area contributed by atoms with Crippen molar-refractivity contribution in [3.63, 3.8) is 0 Å². The molecule has 0 aromatic carbocycles. The predicted molar refractivity (Wildman–Crippen MR) is 145 cm³/mol. The molecule has 1 amide bonds.